The highest BCUT2D eigenvalue weighted by molar-refractivity contribution is 5.86. The van der Waals surface area contributed by atoms with Gasteiger partial charge in [-0.05, 0) is 30.2 Å². The van der Waals surface area contributed by atoms with Crippen molar-refractivity contribution in [1.29, 1.82) is 0 Å². The molecule has 0 aliphatic heterocycles. The predicted molar refractivity (Wildman–Crippen MR) is 79.6 cm³/mol. The minimum Gasteiger partial charge on any atom is -0.506 e. The molecule has 3 N–H and O–H groups in total. The molecule has 0 saturated heterocycles. The van der Waals surface area contributed by atoms with Gasteiger partial charge in [0.1, 0.15) is 11.3 Å². The van der Waals surface area contributed by atoms with Crippen LogP contribution in [0.5, 0.6) is 5.75 Å². The van der Waals surface area contributed by atoms with E-state index in [1.54, 1.807) is 12.3 Å². The second-order valence-corrected chi connectivity index (χ2v) is 4.81. The van der Waals surface area contributed by atoms with Gasteiger partial charge in [-0.1, -0.05) is 36.4 Å². The average Bonchev–Trinajstić information content (AvgIpc) is 2.97. The Balaban J connectivity index is 1.60. The first kappa shape index (κ1) is 12.7. The van der Waals surface area contributed by atoms with Crippen LogP contribution in [0.2, 0.25) is 0 Å². The Hall–Kier alpha value is -2.33. The number of rotatable bonds is 5. The summed E-state index contributed by atoms with van der Waals surface area (Å²) in [4.78, 5) is 0. The van der Waals surface area contributed by atoms with E-state index in [9.17, 15) is 5.11 Å². The lowest BCUT2D eigenvalue weighted by Gasteiger charge is -2.06. The third kappa shape index (κ3) is 2.65. The average molecular weight is 267 g/mol. The number of aromatic amines is 1. The van der Waals surface area contributed by atoms with Gasteiger partial charge in [0.05, 0.1) is 6.20 Å². The summed E-state index contributed by atoms with van der Waals surface area (Å²) < 4.78 is 0. The zero-order chi connectivity index (χ0) is 13.8. The zero-order valence-electron chi connectivity index (χ0n) is 11.1. The van der Waals surface area contributed by atoms with Gasteiger partial charge in [0.15, 0.2) is 0 Å². The number of aromatic nitrogens is 2. The molecule has 4 heteroatoms. The molecule has 102 valence electrons. The number of nitrogens with one attached hydrogen (secondary N) is 2. The topological polar surface area (TPSA) is 60.9 Å². The Bertz CT molecular complexity index is 691. The summed E-state index contributed by atoms with van der Waals surface area (Å²) in [5.41, 5.74) is 3.18. The summed E-state index contributed by atoms with van der Waals surface area (Å²) in [6, 6.07) is 14.0. The Labute approximate surface area is 117 Å². The van der Waals surface area contributed by atoms with Crippen molar-refractivity contribution in [2.75, 3.05) is 6.54 Å². The number of aromatic hydroxyl groups is 1. The van der Waals surface area contributed by atoms with E-state index < -0.39 is 0 Å². The Morgan fingerprint density at radius 3 is 2.80 bits per heavy atom. The Morgan fingerprint density at radius 1 is 1.10 bits per heavy atom. The van der Waals surface area contributed by atoms with E-state index in [1.165, 1.54) is 11.1 Å². The zero-order valence-corrected chi connectivity index (χ0v) is 11.1. The molecule has 0 radical (unpaired) electrons. The van der Waals surface area contributed by atoms with Crippen molar-refractivity contribution in [3.05, 3.63) is 59.8 Å². The van der Waals surface area contributed by atoms with Crippen LogP contribution in [0.25, 0.3) is 10.9 Å². The maximum absolute atomic E-state index is 9.72. The van der Waals surface area contributed by atoms with Crippen LogP contribution in [-0.2, 0) is 13.0 Å². The largest absolute Gasteiger partial charge is 0.506 e. The molecule has 0 atom stereocenters. The molecule has 3 aromatic rings. The van der Waals surface area contributed by atoms with Crippen LogP contribution in [0.4, 0.5) is 0 Å². The van der Waals surface area contributed by atoms with Crippen molar-refractivity contribution in [3.8, 4) is 5.75 Å². The minimum absolute atomic E-state index is 0.249. The van der Waals surface area contributed by atoms with Crippen LogP contribution in [0.3, 0.4) is 0 Å². The maximum Gasteiger partial charge on any atom is 0.141 e. The Kier molecular flexibility index (Phi) is 3.65. The van der Waals surface area contributed by atoms with Crippen molar-refractivity contribution >= 4 is 10.9 Å². The lowest BCUT2D eigenvalue weighted by Crippen LogP contribution is -2.16. The van der Waals surface area contributed by atoms with E-state index in [2.05, 4.69) is 27.6 Å². The Morgan fingerprint density at radius 2 is 1.95 bits per heavy atom. The van der Waals surface area contributed by atoms with Crippen LogP contribution >= 0.6 is 0 Å². The third-order valence-corrected chi connectivity index (χ3v) is 3.43. The molecule has 0 amide bonds. The lowest BCUT2D eigenvalue weighted by molar-refractivity contribution is 0.480. The van der Waals surface area contributed by atoms with E-state index >= 15 is 0 Å². The smallest absolute Gasteiger partial charge is 0.141 e. The fourth-order valence-electron chi connectivity index (χ4n) is 2.35. The number of nitrogens with zero attached hydrogens (tertiary/aromatic N) is 1. The van der Waals surface area contributed by atoms with E-state index in [0.717, 1.165) is 24.9 Å². The normalized spacial score (nSPS) is 11.0. The number of phenols is 1. The second-order valence-electron chi connectivity index (χ2n) is 4.81. The van der Waals surface area contributed by atoms with E-state index in [0.29, 0.717) is 5.52 Å². The first-order valence-corrected chi connectivity index (χ1v) is 6.73. The molecule has 1 aromatic heterocycles. The molecule has 0 unspecified atom stereocenters. The van der Waals surface area contributed by atoms with Gasteiger partial charge in [-0.25, -0.2) is 0 Å². The van der Waals surface area contributed by atoms with Crippen molar-refractivity contribution in [2.45, 2.75) is 13.0 Å². The molecule has 2 aromatic carbocycles. The predicted octanol–water partition coefficient (Wildman–Crippen LogP) is 2.60. The summed E-state index contributed by atoms with van der Waals surface area (Å²) in [7, 11) is 0. The molecule has 4 nitrogen and oxygen atoms in total. The third-order valence-electron chi connectivity index (χ3n) is 3.43. The summed E-state index contributed by atoms with van der Waals surface area (Å²) in [6.45, 7) is 1.76. The van der Waals surface area contributed by atoms with E-state index in [-0.39, 0.29) is 5.75 Å². The maximum atomic E-state index is 9.72. The highest BCUT2D eigenvalue weighted by Gasteiger charge is 2.06. The highest BCUT2D eigenvalue weighted by Crippen LogP contribution is 2.25. The highest BCUT2D eigenvalue weighted by atomic mass is 16.3. The minimum atomic E-state index is 0.249. The van der Waals surface area contributed by atoms with Crippen molar-refractivity contribution in [2.24, 2.45) is 0 Å². The monoisotopic (exact) mass is 267 g/mol. The molecule has 0 bridgehead atoms. The fraction of sp³-hybridized carbons (Fsp3) is 0.188. The molecule has 0 saturated carbocycles. The van der Waals surface area contributed by atoms with Gasteiger partial charge in [0, 0.05) is 11.9 Å². The van der Waals surface area contributed by atoms with Crippen molar-refractivity contribution in [3.63, 3.8) is 0 Å². The number of benzene rings is 2. The van der Waals surface area contributed by atoms with E-state index in [4.69, 9.17) is 0 Å². The molecule has 3 rings (SSSR count). The second kappa shape index (κ2) is 5.75. The lowest BCUT2D eigenvalue weighted by atomic mass is 10.1. The number of phenolic OH excluding ortho intramolecular Hbond substituents is 1. The number of fused-ring (bicyclic) bond motifs is 1. The van der Waals surface area contributed by atoms with Gasteiger partial charge in [-0.2, -0.15) is 5.10 Å². The molecule has 0 aliphatic carbocycles. The molecule has 20 heavy (non-hydrogen) atoms. The summed E-state index contributed by atoms with van der Waals surface area (Å²) in [6.07, 6.45) is 2.67. The van der Waals surface area contributed by atoms with Gasteiger partial charge in [0.25, 0.3) is 0 Å². The van der Waals surface area contributed by atoms with Gasteiger partial charge >= 0.3 is 0 Å². The summed E-state index contributed by atoms with van der Waals surface area (Å²) in [5, 5.41) is 21.0. The van der Waals surface area contributed by atoms with Gasteiger partial charge < -0.3 is 10.4 Å². The van der Waals surface area contributed by atoms with Crippen LogP contribution in [0.15, 0.2) is 48.7 Å². The molecule has 0 aliphatic rings. The summed E-state index contributed by atoms with van der Waals surface area (Å²) >= 11 is 0. The van der Waals surface area contributed by atoms with E-state index in [1.807, 2.05) is 24.3 Å². The van der Waals surface area contributed by atoms with Crippen LogP contribution < -0.4 is 5.32 Å². The van der Waals surface area contributed by atoms with Crippen LogP contribution in [0.1, 0.15) is 11.1 Å². The van der Waals surface area contributed by atoms with Gasteiger partial charge in [-0.15, -0.1) is 0 Å². The molecule has 1 heterocycles. The fourth-order valence-corrected chi connectivity index (χ4v) is 2.35. The molecular formula is C16H17N3O. The quantitative estimate of drug-likeness (QED) is 0.623. The molecule has 0 spiro atoms. The SMILES string of the molecule is Oc1ccc(CCNCc2ccccc2)c2cn[nH]c12. The number of hydrogen-bond donors (Lipinski definition) is 3. The number of H-pyrrole nitrogens is 1. The van der Waals surface area contributed by atoms with Crippen molar-refractivity contribution in [1.82, 2.24) is 15.5 Å². The molecular weight excluding hydrogens is 250 g/mol. The van der Waals surface area contributed by atoms with Crippen molar-refractivity contribution < 1.29 is 5.11 Å². The standard InChI is InChI=1S/C16H17N3O/c20-15-7-6-13(14-11-18-19-16(14)15)8-9-17-10-12-4-2-1-3-5-12/h1-7,11,17,20H,8-10H2,(H,18,19). The van der Waals surface area contributed by atoms with Crippen LogP contribution in [0, 0.1) is 0 Å². The summed E-state index contributed by atoms with van der Waals surface area (Å²) in [5.74, 6) is 0.249. The number of hydrogen-bond acceptors (Lipinski definition) is 3. The van der Waals surface area contributed by atoms with Crippen LogP contribution in [-0.4, -0.2) is 21.8 Å². The first-order chi connectivity index (χ1) is 9.84. The van der Waals surface area contributed by atoms with Gasteiger partial charge in [-0.3, -0.25) is 5.10 Å². The first-order valence-electron chi connectivity index (χ1n) is 6.73. The van der Waals surface area contributed by atoms with Gasteiger partial charge in [0.2, 0.25) is 0 Å². The molecule has 0 fully saturated rings.